The highest BCUT2D eigenvalue weighted by Gasteiger charge is 2.17. The molecule has 0 fully saturated rings. The summed E-state index contributed by atoms with van der Waals surface area (Å²) in [6, 6.07) is 8.40. The highest BCUT2D eigenvalue weighted by Crippen LogP contribution is 2.30. The molecule has 0 saturated carbocycles. The summed E-state index contributed by atoms with van der Waals surface area (Å²) in [6.45, 7) is 12.0. The molecule has 0 bridgehead atoms. The van der Waals surface area contributed by atoms with Crippen molar-refractivity contribution in [3.05, 3.63) is 29.8 Å². The maximum atomic E-state index is 5.97. The van der Waals surface area contributed by atoms with Crippen molar-refractivity contribution < 1.29 is 4.74 Å². The molecular weight excluding hydrogens is 246 g/mol. The largest absolute Gasteiger partial charge is 0.493 e. The Kier molecular flexibility index (Phi) is 7.68. The van der Waals surface area contributed by atoms with Gasteiger partial charge in [-0.25, -0.2) is 0 Å². The molecule has 0 aliphatic rings. The van der Waals surface area contributed by atoms with Crippen LogP contribution in [0.1, 0.15) is 58.9 Å². The Hall–Kier alpha value is -1.02. The molecule has 0 radical (unpaired) electrons. The zero-order valence-electron chi connectivity index (χ0n) is 13.7. The first kappa shape index (κ1) is 17.0. The summed E-state index contributed by atoms with van der Waals surface area (Å²) in [5, 5.41) is 3.43. The molecule has 0 aliphatic heterocycles. The minimum Gasteiger partial charge on any atom is -0.493 e. The first-order valence-electron chi connectivity index (χ1n) is 7.98. The molecule has 1 rings (SSSR count). The van der Waals surface area contributed by atoms with E-state index in [1.54, 1.807) is 0 Å². The van der Waals surface area contributed by atoms with Gasteiger partial charge in [0, 0.05) is 0 Å². The molecule has 0 aliphatic carbocycles. The minimum absolute atomic E-state index is 0.140. The summed E-state index contributed by atoms with van der Waals surface area (Å²) in [7, 11) is 0. The molecule has 0 atom stereocenters. The highest BCUT2D eigenvalue weighted by molar-refractivity contribution is 5.38. The molecule has 0 saturated heterocycles. The van der Waals surface area contributed by atoms with Gasteiger partial charge in [-0.3, -0.25) is 0 Å². The first-order valence-corrected chi connectivity index (χ1v) is 7.98. The van der Waals surface area contributed by atoms with Crippen LogP contribution >= 0.6 is 0 Å². The van der Waals surface area contributed by atoms with Gasteiger partial charge in [-0.05, 0) is 55.8 Å². The van der Waals surface area contributed by atoms with Crippen molar-refractivity contribution in [3.63, 3.8) is 0 Å². The molecule has 2 nitrogen and oxygen atoms in total. The van der Waals surface area contributed by atoms with Crippen LogP contribution in [0.5, 0.6) is 5.75 Å². The van der Waals surface area contributed by atoms with E-state index in [0.29, 0.717) is 0 Å². The van der Waals surface area contributed by atoms with Gasteiger partial charge in [-0.1, -0.05) is 45.9 Å². The summed E-state index contributed by atoms with van der Waals surface area (Å²) in [6.07, 6.45) is 4.82. The van der Waals surface area contributed by atoms with Crippen LogP contribution in [0, 0.1) is 0 Å². The summed E-state index contributed by atoms with van der Waals surface area (Å²) >= 11 is 0. The molecule has 0 aromatic heterocycles. The fourth-order valence-corrected chi connectivity index (χ4v) is 2.22. The second-order valence-electron chi connectivity index (χ2n) is 6.41. The van der Waals surface area contributed by atoms with Gasteiger partial charge in [0.25, 0.3) is 0 Å². The quantitative estimate of drug-likeness (QED) is 0.669. The zero-order chi connectivity index (χ0) is 14.8. The summed E-state index contributed by atoms with van der Waals surface area (Å²) in [4.78, 5) is 0. The molecule has 0 spiro atoms. The van der Waals surface area contributed by atoms with Crippen molar-refractivity contribution in [1.82, 2.24) is 5.32 Å². The molecule has 1 N–H and O–H groups in total. The van der Waals surface area contributed by atoms with Crippen molar-refractivity contribution in [3.8, 4) is 5.75 Å². The van der Waals surface area contributed by atoms with Crippen molar-refractivity contribution >= 4 is 0 Å². The van der Waals surface area contributed by atoms with E-state index in [2.05, 4.69) is 57.3 Å². The summed E-state index contributed by atoms with van der Waals surface area (Å²) < 4.78 is 5.97. The smallest absolute Gasteiger partial charge is 0.123 e. The Labute approximate surface area is 124 Å². The lowest BCUT2D eigenvalue weighted by Crippen LogP contribution is -2.16. The summed E-state index contributed by atoms with van der Waals surface area (Å²) in [5.41, 5.74) is 1.44. The number of nitrogens with one attached hydrogen (secondary N) is 1. The maximum absolute atomic E-state index is 5.97. The van der Waals surface area contributed by atoms with Gasteiger partial charge in [-0.2, -0.15) is 0 Å². The molecular formula is C18H31NO. The Morgan fingerprint density at radius 2 is 1.75 bits per heavy atom. The molecule has 20 heavy (non-hydrogen) atoms. The van der Waals surface area contributed by atoms with Crippen LogP contribution < -0.4 is 10.1 Å². The van der Waals surface area contributed by atoms with E-state index in [0.717, 1.165) is 31.9 Å². The van der Waals surface area contributed by atoms with Gasteiger partial charge in [0.15, 0.2) is 0 Å². The molecule has 0 unspecified atom stereocenters. The van der Waals surface area contributed by atoms with E-state index in [1.807, 2.05) is 0 Å². The minimum atomic E-state index is 0.140. The third-order valence-corrected chi connectivity index (χ3v) is 3.38. The lowest BCUT2D eigenvalue weighted by atomic mass is 9.86. The van der Waals surface area contributed by atoms with Crippen LogP contribution in [-0.2, 0) is 5.41 Å². The fourth-order valence-electron chi connectivity index (χ4n) is 2.22. The van der Waals surface area contributed by atoms with Crippen LogP contribution in [0.2, 0.25) is 0 Å². The average Bonchev–Trinajstić information content (AvgIpc) is 2.41. The van der Waals surface area contributed by atoms with Gasteiger partial charge < -0.3 is 10.1 Å². The van der Waals surface area contributed by atoms with Crippen LogP contribution in [0.15, 0.2) is 24.3 Å². The second-order valence-corrected chi connectivity index (χ2v) is 6.41. The summed E-state index contributed by atoms with van der Waals surface area (Å²) in [5.74, 6) is 1.05. The van der Waals surface area contributed by atoms with E-state index in [9.17, 15) is 0 Å². The Bertz CT molecular complexity index is 368. The standard InChI is InChI=1S/C18H31NO/c1-5-13-19-14-9-6-10-15-20-17-12-8-7-11-16(17)18(2,3)4/h7-8,11-12,19H,5-6,9-10,13-15H2,1-4H3. The SMILES string of the molecule is CCCNCCCCCOc1ccccc1C(C)(C)C. The van der Waals surface area contributed by atoms with Gasteiger partial charge >= 0.3 is 0 Å². The fraction of sp³-hybridized carbons (Fsp3) is 0.667. The Balaban J connectivity index is 2.26. The topological polar surface area (TPSA) is 21.3 Å². The van der Waals surface area contributed by atoms with Gasteiger partial charge in [0.05, 0.1) is 6.61 Å². The van der Waals surface area contributed by atoms with Gasteiger partial charge in [0.1, 0.15) is 5.75 Å². The van der Waals surface area contributed by atoms with Crippen LogP contribution in [-0.4, -0.2) is 19.7 Å². The lowest BCUT2D eigenvalue weighted by molar-refractivity contribution is 0.297. The molecule has 114 valence electrons. The number of hydrogen-bond acceptors (Lipinski definition) is 2. The first-order chi connectivity index (χ1) is 9.55. The van der Waals surface area contributed by atoms with E-state index in [1.165, 1.54) is 24.8 Å². The molecule has 1 aromatic carbocycles. The van der Waals surface area contributed by atoms with Crippen LogP contribution in [0.3, 0.4) is 0 Å². The molecule has 1 aromatic rings. The predicted octanol–water partition coefficient (Wildman–Crippen LogP) is 4.53. The van der Waals surface area contributed by atoms with E-state index in [-0.39, 0.29) is 5.41 Å². The maximum Gasteiger partial charge on any atom is 0.123 e. The normalized spacial score (nSPS) is 11.6. The van der Waals surface area contributed by atoms with Crippen LogP contribution in [0.4, 0.5) is 0 Å². The monoisotopic (exact) mass is 277 g/mol. The third-order valence-electron chi connectivity index (χ3n) is 3.38. The van der Waals surface area contributed by atoms with Gasteiger partial charge in [0.2, 0.25) is 0 Å². The molecule has 0 amide bonds. The number of ether oxygens (including phenoxy) is 1. The van der Waals surface area contributed by atoms with E-state index >= 15 is 0 Å². The number of rotatable bonds is 9. The number of hydrogen-bond donors (Lipinski definition) is 1. The average molecular weight is 277 g/mol. The van der Waals surface area contributed by atoms with Crippen molar-refractivity contribution in [2.75, 3.05) is 19.7 Å². The Morgan fingerprint density at radius 1 is 1.00 bits per heavy atom. The molecule has 2 heteroatoms. The van der Waals surface area contributed by atoms with E-state index < -0.39 is 0 Å². The van der Waals surface area contributed by atoms with Crippen molar-refractivity contribution in [2.24, 2.45) is 0 Å². The van der Waals surface area contributed by atoms with Crippen molar-refractivity contribution in [2.45, 2.75) is 58.8 Å². The van der Waals surface area contributed by atoms with Crippen molar-refractivity contribution in [1.29, 1.82) is 0 Å². The number of unbranched alkanes of at least 4 members (excludes halogenated alkanes) is 2. The number of para-hydroxylation sites is 1. The molecule has 0 heterocycles. The van der Waals surface area contributed by atoms with Crippen LogP contribution in [0.25, 0.3) is 0 Å². The van der Waals surface area contributed by atoms with Gasteiger partial charge in [-0.15, -0.1) is 0 Å². The zero-order valence-corrected chi connectivity index (χ0v) is 13.7. The third kappa shape index (κ3) is 6.42. The van der Waals surface area contributed by atoms with E-state index in [4.69, 9.17) is 4.74 Å². The highest BCUT2D eigenvalue weighted by atomic mass is 16.5. The lowest BCUT2D eigenvalue weighted by Gasteiger charge is -2.22. The Morgan fingerprint density at radius 3 is 2.45 bits per heavy atom. The predicted molar refractivity (Wildman–Crippen MR) is 87.6 cm³/mol. The number of benzene rings is 1. The second kappa shape index (κ2) is 9.02.